The van der Waals surface area contributed by atoms with E-state index in [4.69, 9.17) is 9.84 Å². The fourth-order valence-corrected chi connectivity index (χ4v) is 1.31. The predicted octanol–water partition coefficient (Wildman–Crippen LogP) is 0.317. The largest absolute Gasteiger partial charge is 0.491 e. The van der Waals surface area contributed by atoms with Gasteiger partial charge in [0.05, 0.1) is 6.61 Å². The Morgan fingerprint density at radius 1 is 1.38 bits per heavy atom. The van der Waals surface area contributed by atoms with Crippen molar-refractivity contribution in [1.82, 2.24) is 5.32 Å². The van der Waals surface area contributed by atoms with E-state index in [1.54, 1.807) is 0 Å². The van der Waals surface area contributed by atoms with E-state index in [9.17, 15) is 5.11 Å². The van der Waals surface area contributed by atoms with Crippen LogP contribution in [0.25, 0.3) is 0 Å². The number of hydrogen-bond donors (Lipinski definition) is 3. The quantitative estimate of drug-likeness (QED) is 0.585. The average Bonchev–Trinajstić information content (AvgIpc) is 2.28. The predicted molar refractivity (Wildman–Crippen MR) is 62.6 cm³/mol. The van der Waals surface area contributed by atoms with Gasteiger partial charge in [-0.3, -0.25) is 0 Å². The third kappa shape index (κ3) is 4.61. The van der Waals surface area contributed by atoms with Gasteiger partial charge in [0.25, 0.3) is 0 Å². The summed E-state index contributed by atoms with van der Waals surface area (Å²) in [6.07, 6.45) is -0.564. The maximum Gasteiger partial charge on any atom is 0.122 e. The zero-order valence-corrected chi connectivity index (χ0v) is 9.52. The van der Waals surface area contributed by atoms with Crippen LogP contribution < -0.4 is 10.1 Å². The molecule has 0 aliphatic carbocycles. The van der Waals surface area contributed by atoms with Crippen molar-refractivity contribution >= 4 is 0 Å². The van der Waals surface area contributed by atoms with Crippen molar-refractivity contribution < 1.29 is 14.9 Å². The fraction of sp³-hybridized carbons (Fsp3) is 0.500. The van der Waals surface area contributed by atoms with Crippen molar-refractivity contribution in [2.75, 3.05) is 26.3 Å². The first kappa shape index (κ1) is 13.0. The average molecular weight is 225 g/mol. The van der Waals surface area contributed by atoms with Crippen LogP contribution in [0.2, 0.25) is 0 Å². The Kier molecular flexibility index (Phi) is 5.85. The lowest BCUT2D eigenvalue weighted by atomic mass is 10.2. The van der Waals surface area contributed by atoms with Gasteiger partial charge in [-0.05, 0) is 18.6 Å². The summed E-state index contributed by atoms with van der Waals surface area (Å²) in [4.78, 5) is 0. The summed E-state index contributed by atoms with van der Waals surface area (Å²) in [5.41, 5.74) is 1.05. The molecule has 0 aromatic heterocycles. The molecule has 0 aliphatic heterocycles. The molecule has 4 nitrogen and oxygen atoms in total. The Balaban J connectivity index is 2.26. The zero-order chi connectivity index (χ0) is 11.8. The molecule has 1 atom stereocenters. The fourth-order valence-electron chi connectivity index (χ4n) is 1.31. The van der Waals surface area contributed by atoms with Gasteiger partial charge in [-0.1, -0.05) is 18.2 Å². The molecule has 1 rings (SSSR count). The van der Waals surface area contributed by atoms with Crippen molar-refractivity contribution in [3.05, 3.63) is 29.8 Å². The molecule has 0 saturated carbocycles. The van der Waals surface area contributed by atoms with Crippen LogP contribution in [0.5, 0.6) is 5.75 Å². The second-order valence-electron chi connectivity index (χ2n) is 3.66. The molecule has 0 fully saturated rings. The number of ether oxygens (including phenoxy) is 1. The van der Waals surface area contributed by atoms with E-state index in [1.165, 1.54) is 0 Å². The first-order chi connectivity index (χ1) is 7.74. The van der Waals surface area contributed by atoms with Gasteiger partial charge in [0.15, 0.2) is 0 Å². The summed E-state index contributed by atoms with van der Waals surface area (Å²) in [5, 5.41) is 21.0. The van der Waals surface area contributed by atoms with Crippen LogP contribution in [0, 0.1) is 6.92 Å². The molecule has 4 heteroatoms. The highest BCUT2D eigenvalue weighted by atomic mass is 16.5. The molecular formula is C12H19NO3. The minimum absolute atomic E-state index is 0.0748. The molecule has 0 radical (unpaired) electrons. The van der Waals surface area contributed by atoms with Crippen LogP contribution in [0.4, 0.5) is 0 Å². The van der Waals surface area contributed by atoms with E-state index >= 15 is 0 Å². The number of hydrogen-bond acceptors (Lipinski definition) is 4. The molecule has 16 heavy (non-hydrogen) atoms. The highest BCUT2D eigenvalue weighted by Crippen LogP contribution is 2.15. The molecule has 0 saturated heterocycles. The molecule has 90 valence electrons. The second-order valence-corrected chi connectivity index (χ2v) is 3.66. The van der Waals surface area contributed by atoms with Crippen LogP contribution in [0.15, 0.2) is 24.3 Å². The van der Waals surface area contributed by atoms with Crippen LogP contribution in [0.1, 0.15) is 5.56 Å². The highest BCUT2D eigenvalue weighted by Gasteiger charge is 2.05. The lowest BCUT2D eigenvalue weighted by Crippen LogP contribution is -2.32. The minimum Gasteiger partial charge on any atom is -0.491 e. The summed E-state index contributed by atoms with van der Waals surface area (Å²) < 4.78 is 5.48. The Hall–Kier alpha value is -1.10. The number of nitrogens with one attached hydrogen (secondary N) is 1. The van der Waals surface area contributed by atoms with Gasteiger partial charge in [0.1, 0.15) is 18.5 Å². The van der Waals surface area contributed by atoms with Gasteiger partial charge in [-0.25, -0.2) is 0 Å². The number of benzene rings is 1. The normalized spacial score (nSPS) is 12.4. The van der Waals surface area contributed by atoms with Crippen molar-refractivity contribution in [2.45, 2.75) is 13.0 Å². The Labute approximate surface area is 95.9 Å². The van der Waals surface area contributed by atoms with Crippen molar-refractivity contribution in [2.24, 2.45) is 0 Å². The van der Waals surface area contributed by atoms with Gasteiger partial charge in [0.2, 0.25) is 0 Å². The Bertz CT molecular complexity index is 304. The van der Waals surface area contributed by atoms with E-state index < -0.39 is 6.10 Å². The van der Waals surface area contributed by atoms with Gasteiger partial charge >= 0.3 is 0 Å². The Morgan fingerprint density at radius 3 is 2.81 bits per heavy atom. The standard InChI is InChI=1S/C12H19NO3/c1-10-4-2-3-5-12(10)16-9-11(15)8-13-6-7-14/h2-5,11,13-15H,6-9H2,1H3. The molecular weight excluding hydrogens is 206 g/mol. The lowest BCUT2D eigenvalue weighted by Gasteiger charge is -2.14. The zero-order valence-electron chi connectivity index (χ0n) is 9.52. The lowest BCUT2D eigenvalue weighted by molar-refractivity contribution is 0.105. The van der Waals surface area contributed by atoms with Crippen LogP contribution in [0.3, 0.4) is 0 Å². The van der Waals surface area contributed by atoms with Crippen molar-refractivity contribution in [3.63, 3.8) is 0 Å². The number of aryl methyl sites for hydroxylation is 1. The maximum atomic E-state index is 9.56. The van der Waals surface area contributed by atoms with Gasteiger partial charge in [-0.2, -0.15) is 0 Å². The summed E-state index contributed by atoms with van der Waals surface area (Å²) >= 11 is 0. The van der Waals surface area contributed by atoms with E-state index in [2.05, 4.69) is 5.32 Å². The smallest absolute Gasteiger partial charge is 0.122 e. The summed E-state index contributed by atoms with van der Waals surface area (Å²) in [6, 6.07) is 7.69. The SMILES string of the molecule is Cc1ccccc1OCC(O)CNCCO. The first-order valence-electron chi connectivity index (χ1n) is 5.42. The molecule has 1 aromatic rings. The van der Waals surface area contributed by atoms with Crippen molar-refractivity contribution in [3.8, 4) is 5.75 Å². The molecule has 0 heterocycles. The maximum absolute atomic E-state index is 9.56. The van der Waals surface area contributed by atoms with Gasteiger partial charge in [0, 0.05) is 13.1 Å². The topological polar surface area (TPSA) is 61.7 Å². The monoisotopic (exact) mass is 225 g/mol. The summed E-state index contributed by atoms with van der Waals surface area (Å²) in [7, 11) is 0. The number of aliphatic hydroxyl groups is 2. The summed E-state index contributed by atoms with van der Waals surface area (Å²) in [6.45, 7) is 3.20. The number of aliphatic hydroxyl groups excluding tert-OH is 2. The van der Waals surface area contributed by atoms with Crippen LogP contribution in [-0.2, 0) is 0 Å². The molecule has 0 bridgehead atoms. The third-order valence-electron chi connectivity index (χ3n) is 2.19. The van der Waals surface area contributed by atoms with E-state index in [0.29, 0.717) is 13.1 Å². The molecule has 0 aliphatic rings. The molecule has 1 unspecified atom stereocenters. The molecule has 0 amide bonds. The van der Waals surface area contributed by atoms with Crippen LogP contribution >= 0.6 is 0 Å². The molecule has 3 N–H and O–H groups in total. The minimum atomic E-state index is -0.564. The third-order valence-corrected chi connectivity index (χ3v) is 2.19. The van der Waals surface area contributed by atoms with E-state index in [0.717, 1.165) is 11.3 Å². The van der Waals surface area contributed by atoms with E-state index in [1.807, 2.05) is 31.2 Å². The first-order valence-corrected chi connectivity index (χ1v) is 5.42. The number of rotatable bonds is 7. The molecule has 1 aromatic carbocycles. The van der Waals surface area contributed by atoms with Gasteiger partial charge < -0.3 is 20.3 Å². The number of para-hydroxylation sites is 1. The molecule has 0 spiro atoms. The second kappa shape index (κ2) is 7.22. The van der Waals surface area contributed by atoms with Crippen LogP contribution in [-0.4, -0.2) is 42.6 Å². The Morgan fingerprint density at radius 2 is 2.12 bits per heavy atom. The van der Waals surface area contributed by atoms with E-state index in [-0.39, 0.29) is 13.2 Å². The van der Waals surface area contributed by atoms with Gasteiger partial charge in [-0.15, -0.1) is 0 Å². The highest BCUT2D eigenvalue weighted by molar-refractivity contribution is 5.31. The summed E-state index contributed by atoms with van der Waals surface area (Å²) in [5.74, 6) is 0.795. The van der Waals surface area contributed by atoms with Crippen molar-refractivity contribution in [1.29, 1.82) is 0 Å².